The molecule has 1 aliphatic heterocycles. The van der Waals surface area contributed by atoms with Crippen molar-refractivity contribution in [2.45, 2.75) is 39.2 Å². The number of nitrogens with zero attached hydrogens (tertiary/aromatic N) is 1. The van der Waals surface area contributed by atoms with Crippen molar-refractivity contribution in [3.05, 3.63) is 0 Å². The van der Waals surface area contributed by atoms with Crippen LogP contribution >= 0.6 is 0 Å². The van der Waals surface area contributed by atoms with Gasteiger partial charge in [0.15, 0.2) is 0 Å². The van der Waals surface area contributed by atoms with Crippen LogP contribution in [0.4, 0.5) is 0 Å². The average molecular weight is 209 g/mol. The first-order chi connectivity index (χ1) is 7.09. The Bertz CT molecular complexity index is 275. The summed E-state index contributed by atoms with van der Waals surface area (Å²) in [6.07, 6.45) is 3.10. The van der Waals surface area contributed by atoms with E-state index in [0.717, 1.165) is 13.0 Å². The molecule has 84 valence electrons. The fourth-order valence-corrected chi connectivity index (χ4v) is 2.00. The summed E-state index contributed by atoms with van der Waals surface area (Å²) in [6.45, 7) is 6.63. The molecule has 0 aromatic carbocycles. The van der Waals surface area contributed by atoms with E-state index in [4.69, 9.17) is 5.11 Å². The van der Waals surface area contributed by atoms with Gasteiger partial charge in [0.1, 0.15) is 0 Å². The van der Waals surface area contributed by atoms with Gasteiger partial charge in [-0.1, -0.05) is 5.92 Å². The average Bonchev–Trinajstić information content (AvgIpc) is 2.17. The Labute approximate surface area is 91.5 Å². The standard InChI is InChI=1S/C12H19NO2/c1-10(2)13-8-4-6-11(9-13)5-3-7-12(14)15/h10-11H,4-6,8-9H2,1-2H3,(H,14,15). The molecule has 0 radical (unpaired) electrons. The van der Waals surface area contributed by atoms with Crippen LogP contribution in [0, 0.1) is 17.8 Å². The van der Waals surface area contributed by atoms with Gasteiger partial charge in [-0.05, 0) is 39.2 Å². The van der Waals surface area contributed by atoms with Gasteiger partial charge in [0.2, 0.25) is 0 Å². The van der Waals surface area contributed by atoms with E-state index >= 15 is 0 Å². The summed E-state index contributed by atoms with van der Waals surface area (Å²) in [6, 6.07) is 0.584. The monoisotopic (exact) mass is 209 g/mol. The second-order valence-electron chi connectivity index (χ2n) is 4.41. The first-order valence-corrected chi connectivity index (χ1v) is 5.55. The quantitative estimate of drug-likeness (QED) is 0.702. The highest BCUT2D eigenvalue weighted by atomic mass is 16.4. The lowest BCUT2D eigenvalue weighted by Gasteiger charge is -2.34. The maximum absolute atomic E-state index is 10.2. The van der Waals surface area contributed by atoms with Crippen LogP contribution in [0.15, 0.2) is 0 Å². The Morgan fingerprint density at radius 2 is 2.33 bits per heavy atom. The molecule has 0 saturated carbocycles. The van der Waals surface area contributed by atoms with Gasteiger partial charge in [0.25, 0.3) is 0 Å². The molecular formula is C12H19NO2. The van der Waals surface area contributed by atoms with E-state index in [1.165, 1.54) is 19.4 Å². The third kappa shape index (κ3) is 4.35. The van der Waals surface area contributed by atoms with Crippen LogP contribution in [0.25, 0.3) is 0 Å². The van der Waals surface area contributed by atoms with Crippen LogP contribution in [-0.4, -0.2) is 35.1 Å². The minimum atomic E-state index is -1.02. The molecule has 1 rings (SSSR count). The zero-order valence-corrected chi connectivity index (χ0v) is 9.49. The Morgan fingerprint density at radius 3 is 2.93 bits per heavy atom. The van der Waals surface area contributed by atoms with Gasteiger partial charge in [-0.25, -0.2) is 4.79 Å². The summed E-state index contributed by atoms with van der Waals surface area (Å²) in [5.74, 6) is 4.45. The Balaban J connectivity index is 2.37. The van der Waals surface area contributed by atoms with Crippen LogP contribution in [0.1, 0.15) is 33.1 Å². The summed E-state index contributed by atoms with van der Waals surface area (Å²) in [7, 11) is 0. The van der Waals surface area contributed by atoms with Crippen molar-refractivity contribution in [2.24, 2.45) is 5.92 Å². The molecule has 0 aromatic rings. The van der Waals surface area contributed by atoms with Gasteiger partial charge in [-0.2, -0.15) is 0 Å². The van der Waals surface area contributed by atoms with E-state index in [9.17, 15) is 4.79 Å². The summed E-state index contributed by atoms with van der Waals surface area (Å²) in [5.41, 5.74) is 0. The molecule has 0 amide bonds. The zero-order valence-electron chi connectivity index (χ0n) is 9.49. The normalized spacial score (nSPS) is 22.2. The van der Waals surface area contributed by atoms with Crippen molar-refractivity contribution in [1.29, 1.82) is 0 Å². The van der Waals surface area contributed by atoms with E-state index in [2.05, 4.69) is 30.6 Å². The van der Waals surface area contributed by atoms with Crippen LogP contribution in [-0.2, 0) is 4.79 Å². The number of hydrogen-bond donors (Lipinski definition) is 1. The SMILES string of the molecule is CC(C)N1CCCC(CC#CC(=O)O)C1. The number of carboxylic acid groups (broad SMARTS) is 1. The lowest BCUT2D eigenvalue weighted by Crippen LogP contribution is -2.39. The fraction of sp³-hybridized carbons (Fsp3) is 0.750. The van der Waals surface area contributed by atoms with Crippen molar-refractivity contribution in [3.8, 4) is 11.8 Å². The number of piperidine rings is 1. The van der Waals surface area contributed by atoms with Crippen LogP contribution in [0.5, 0.6) is 0 Å². The van der Waals surface area contributed by atoms with Crippen molar-refractivity contribution in [1.82, 2.24) is 4.90 Å². The molecule has 1 saturated heterocycles. The molecule has 0 aliphatic carbocycles. The molecule has 1 fully saturated rings. The summed E-state index contributed by atoms with van der Waals surface area (Å²) >= 11 is 0. The molecule has 15 heavy (non-hydrogen) atoms. The van der Waals surface area contributed by atoms with E-state index in [0.29, 0.717) is 12.0 Å². The Kier molecular flexibility index (Phi) is 4.64. The molecule has 1 heterocycles. The van der Waals surface area contributed by atoms with Gasteiger partial charge in [-0.15, -0.1) is 0 Å². The highest BCUT2D eigenvalue weighted by Crippen LogP contribution is 2.20. The number of likely N-dealkylation sites (tertiary alicyclic amines) is 1. The van der Waals surface area contributed by atoms with E-state index in [1.807, 2.05) is 0 Å². The van der Waals surface area contributed by atoms with E-state index in [1.54, 1.807) is 0 Å². The molecule has 1 atom stereocenters. The van der Waals surface area contributed by atoms with Crippen molar-refractivity contribution in [3.63, 3.8) is 0 Å². The fourth-order valence-electron chi connectivity index (χ4n) is 2.00. The van der Waals surface area contributed by atoms with E-state index < -0.39 is 5.97 Å². The Morgan fingerprint density at radius 1 is 1.60 bits per heavy atom. The molecule has 3 heteroatoms. The predicted molar refractivity (Wildman–Crippen MR) is 59.5 cm³/mol. The second kappa shape index (κ2) is 5.77. The molecule has 1 aliphatic rings. The molecule has 1 N–H and O–H groups in total. The van der Waals surface area contributed by atoms with Crippen molar-refractivity contribution in [2.75, 3.05) is 13.1 Å². The lowest BCUT2D eigenvalue weighted by atomic mass is 9.94. The first-order valence-electron chi connectivity index (χ1n) is 5.55. The second-order valence-corrected chi connectivity index (χ2v) is 4.41. The number of aliphatic carboxylic acids is 1. The maximum atomic E-state index is 10.2. The minimum absolute atomic E-state index is 0.549. The summed E-state index contributed by atoms with van der Waals surface area (Å²) < 4.78 is 0. The number of carbonyl (C=O) groups is 1. The number of carboxylic acids is 1. The van der Waals surface area contributed by atoms with Crippen molar-refractivity contribution >= 4 is 5.97 Å². The number of rotatable bonds is 2. The van der Waals surface area contributed by atoms with Gasteiger partial charge in [0.05, 0.1) is 0 Å². The van der Waals surface area contributed by atoms with Crippen LogP contribution in [0.2, 0.25) is 0 Å². The lowest BCUT2D eigenvalue weighted by molar-refractivity contribution is -0.130. The van der Waals surface area contributed by atoms with Gasteiger partial charge in [0, 0.05) is 24.9 Å². The van der Waals surface area contributed by atoms with Gasteiger partial charge >= 0.3 is 5.97 Å². The third-order valence-electron chi connectivity index (χ3n) is 2.87. The molecule has 0 aromatic heterocycles. The minimum Gasteiger partial charge on any atom is -0.472 e. The van der Waals surface area contributed by atoms with E-state index in [-0.39, 0.29) is 0 Å². The predicted octanol–water partition coefficient (Wildman–Crippen LogP) is 1.58. The van der Waals surface area contributed by atoms with Crippen molar-refractivity contribution < 1.29 is 9.90 Å². The molecule has 0 spiro atoms. The molecule has 0 bridgehead atoms. The van der Waals surface area contributed by atoms with Gasteiger partial charge < -0.3 is 10.0 Å². The number of hydrogen-bond acceptors (Lipinski definition) is 2. The highest BCUT2D eigenvalue weighted by molar-refractivity contribution is 5.86. The zero-order chi connectivity index (χ0) is 11.3. The van der Waals surface area contributed by atoms with Crippen LogP contribution < -0.4 is 0 Å². The highest BCUT2D eigenvalue weighted by Gasteiger charge is 2.20. The molecule has 3 nitrogen and oxygen atoms in total. The summed E-state index contributed by atoms with van der Waals surface area (Å²) in [4.78, 5) is 12.7. The topological polar surface area (TPSA) is 40.5 Å². The van der Waals surface area contributed by atoms with Crippen LogP contribution in [0.3, 0.4) is 0 Å². The van der Waals surface area contributed by atoms with Gasteiger partial charge in [-0.3, -0.25) is 0 Å². The summed E-state index contributed by atoms with van der Waals surface area (Å²) in [5, 5.41) is 8.40. The molecular weight excluding hydrogens is 190 g/mol. The maximum Gasteiger partial charge on any atom is 0.381 e. The largest absolute Gasteiger partial charge is 0.472 e. The Hall–Kier alpha value is -1.01. The third-order valence-corrected chi connectivity index (χ3v) is 2.87. The first kappa shape index (κ1) is 12.1. The molecule has 1 unspecified atom stereocenters. The smallest absolute Gasteiger partial charge is 0.381 e.